The van der Waals surface area contributed by atoms with Gasteiger partial charge in [-0.15, -0.1) is 0 Å². The van der Waals surface area contributed by atoms with Crippen molar-refractivity contribution in [2.75, 3.05) is 13.1 Å². The Balaban J connectivity index is 1.75. The van der Waals surface area contributed by atoms with Gasteiger partial charge < -0.3 is 9.26 Å². The zero-order chi connectivity index (χ0) is 15.7. The summed E-state index contributed by atoms with van der Waals surface area (Å²) < 4.78 is 37.5. The van der Waals surface area contributed by atoms with Gasteiger partial charge in [-0.1, -0.05) is 11.2 Å². The summed E-state index contributed by atoms with van der Waals surface area (Å²) in [4.78, 5) is 4.25. The molecule has 0 radical (unpaired) electrons. The summed E-state index contributed by atoms with van der Waals surface area (Å²) in [5, 5.41) is 3.72. The third-order valence-corrected chi connectivity index (χ3v) is 5.71. The maximum Gasteiger partial charge on any atom is 0.248 e. The van der Waals surface area contributed by atoms with Crippen LogP contribution in [0.25, 0.3) is 0 Å². The average Bonchev–Trinajstić information content (AvgIpc) is 3.08. The molecule has 118 valence electrons. The van der Waals surface area contributed by atoms with Crippen LogP contribution in [-0.4, -0.2) is 42.1 Å². The number of sulfonamides is 1. The predicted molar refractivity (Wildman–Crippen MR) is 78.0 cm³/mol. The van der Waals surface area contributed by atoms with Crippen molar-refractivity contribution < 1.29 is 17.7 Å². The van der Waals surface area contributed by atoms with Crippen LogP contribution in [0.4, 0.5) is 0 Å². The minimum Gasteiger partial charge on any atom is -0.473 e. The monoisotopic (exact) mass is 323 g/mol. The Bertz CT molecular complexity index is 738. The summed E-state index contributed by atoms with van der Waals surface area (Å²) in [6.07, 6.45) is 2.06. The van der Waals surface area contributed by atoms with Gasteiger partial charge >= 0.3 is 0 Å². The molecule has 2 aromatic heterocycles. The standard InChI is InChI=1S/C14H17N3O4S/c1-10-14(11(2)21-16-10)22(18,19)17-8-6-12(9-17)20-13-5-3-4-7-15-13/h3-5,7,12H,6,8-9H2,1-2H3. The van der Waals surface area contributed by atoms with Crippen molar-refractivity contribution in [3.05, 3.63) is 35.9 Å². The Labute approximate surface area is 128 Å². The van der Waals surface area contributed by atoms with E-state index >= 15 is 0 Å². The highest BCUT2D eigenvalue weighted by molar-refractivity contribution is 7.89. The number of aryl methyl sites for hydroxylation is 2. The van der Waals surface area contributed by atoms with Crippen LogP contribution < -0.4 is 4.74 Å². The van der Waals surface area contributed by atoms with Gasteiger partial charge in [0.15, 0.2) is 5.76 Å². The van der Waals surface area contributed by atoms with Gasteiger partial charge in [0, 0.05) is 18.8 Å². The van der Waals surface area contributed by atoms with Crippen molar-refractivity contribution in [2.45, 2.75) is 31.3 Å². The number of ether oxygens (including phenoxy) is 1. The summed E-state index contributed by atoms with van der Waals surface area (Å²) in [5.41, 5.74) is 0.381. The maximum atomic E-state index is 12.7. The van der Waals surface area contributed by atoms with Crippen LogP contribution in [0.1, 0.15) is 17.9 Å². The minimum atomic E-state index is -3.61. The number of aromatic nitrogens is 2. The fourth-order valence-electron chi connectivity index (χ4n) is 2.57. The first kappa shape index (κ1) is 15.0. The largest absolute Gasteiger partial charge is 0.473 e. The van der Waals surface area contributed by atoms with Gasteiger partial charge in [-0.2, -0.15) is 4.31 Å². The zero-order valence-corrected chi connectivity index (χ0v) is 13.2. The molecule has 0 aromatic carbocycles. The minimum absolute atomic E-state index is 0.158. The highest BCUT2D eigenvalue weighted by Gasteiger charge is 2.37. The van der Waals surface area contributed by atoms with Gasteiger partial charge in [0.25, 0.3) is 0 Å². The van der Waals surface area contributed by atoms with Crippen LogP contribution in [0.2, 0.25) is 0 Å². The van der Waals surface area contributed by atoms with Crippen molar-refractivity contribution in [2.24, 2.45) is 0 Å². The molecule has 7 nitrogen and oxygen atoms in total. The van der Waals surface area contributed by atoms with E-state index in [0.717, 1.165) is 0 Å². The molecule has 1 fully saturated rings. The predicted octanol–water partition coefficient (Wildman–Crippen LogP) is 1.53. The van der Waals surface area contributed by atoms with Crippen LogP contribution in [0.5, 0.6) is 5.88 Å². The number of pyridine rings is 1. The average molecular weight is 323 g/mol. The fraction of sp³-hybridized carbons (Fsp3) is 0.429. The smallest absolute Gasteiger partial charge is 0.248 e. The molecule has 1 unspecified atom stereocenters. The first-order valence-corrected chi connectivity index (χ1v) is 8.43. The Morgan fingerprint density at radius 1 is 1.36 bits per heavy atom. The van der Waals surface area contributed by atoms with Crippen LogP contribution in [0, 0.1) is 13.8 Å². The molecule has 22 heavy (non-hydrogen) atoms. The molecule has 3 rings (SSSR count). The van der Waals surface area contributed by atoms with Crippen molar-refractivity contribution in [3.63, 3.8) is 0 Å². The van der Waals surface area contributed by atoms with Crippen molar-refractivity contribution in [3.8, 4) is 5.88 Å². The second kappa shape index (κ2) is 5.69. The van der Waals surface area contributed by atoms with Crippen molar-refractivity contribution in [1.82, 2.24) is 14.4 Å². The molecule has 2 aromatic rings. The lowest BCUT2D eigenvalue weighted by atomic mass is 10.3. The van der Waals surface area contributed by atoms with E-state index in [4.69, 9.17) is 9.26 Å². The maximum absolute atomic E-state index is 12.7. The summed E-state index contributed by atoms with van der Waals surface area (Å²) in [7, 11) is -3.61. The van der Waals surface area contributed by atoms with Gasteiger partial charge in [0.2, 0.25) is 15.9 Å². The molecular formula is C14H17N3O4S. The van der Waals surface area contributed by atoms with Crippen molar-refractivity contribution >= 4 is 10.0 Å². The summed E-state index contributed by atoms with van der Waals surface area (Å²) in [5.74, 6) is 0.815. The van der Waals surface area contributed by atoms with Crippen molar-refractivity contribution in [1.29, 1.82) is 0 Å². The van der Waals surface area contributed by atoms with E-state index < -0.39 is 10.0 Å². The Morgan fingerprint density at radius 2 is 2.18 bits per heavy atom. The van der Waals surface area contributed by atoms with E-state index in [1.165, 1.54) is 4.31 Å². The number of hydrogen-bond acceptors (Lipinski definition) is 6. The normalized spacial score (nSPS) is 19.5. The van der Waals surface area contributed by atoms with Gasteiger partial charge in [-0.05, 0) is 26.3 Å². The molecule has 1 aliphatic rings. The number of hydrogen-bond donors (Lipinski definition) is 0. The zero-order valence-electron chi connectivity index (χ0n) is 12.4. The Morgan fingerprint density at radius 3 is 2.82 bits per heavy atom. The first-order valence-electron chi connectivity index (χ1n) is 6.99. The second-order valence-electron chi connectivity index (χ2n) is 5.21. The molecule has 1 saturated heterocycles. The van der Waals surface area contributed by atoms with Crippen LogP contribution >= 0.6 is 0 Å². The fourth-order valence-corrected chi connectivity index (χ4v) is 4.35. The first-order chi connectivity index (χ1) is 10.5. The van der Waals surface area contributed by atoms with E-state index in [1.54, 1.807) is 32.2 Å². The Kier molecular flexibility index (Phi) is 3.88. The van der Waals surface area contributed by atoms with Crippen LogP contribution in [0.3, 0.4) is 0 Å². The number of rotatable bonds is 4. The SMILES string of the molecule is Cc1noc(C)c1S(=O)(=O)N1CCC(Oc2ccccn2)C1. The molecular weight excluding hydrogens is 306 g/mol. The molecule has 8 heteroatoms. The third-order valence-electron chi connectivity index (χ3n) is 3.60. The van der Waals surface area contributed by atoms with E-state index in [-0.39, 0.29) is 11.0 Å². The molecule has 0 saturated carbocycles. The highest BCUT2D eigenvalue weighted by atomic mass is 32.2. The molecule has 1 atom stereocenters. The summed E-state index contributed by atoms with van der Waals surface area (Å²) >= 11 is 0. The van der Waals surface area contributed by atoms with E-state index in [1.807, 2.05) is 6.07 Å². The van der Waals surface area contributed by atoms with E-state index in [0.29, 0.717) is 36.8 Å². The molecule has 0 aliphatic carbocycles. The molecule has 0 bridgehead atoms. The van der Waals surface area contributed by atoms with E-state index in [9.17, 15) is 8.42 Å². The molecule has 3 heterocycles. The summed E-state index contributed by atoms with van der Waals surface area (Å²) in [6.45, 7) is 3.93. The second-order valence-corrected chi connectivity index (χ2v) is 7.09. The van der Waals surface area contributed by atoms with Gasteiger partial charge in [-0.3, -0.25) is 0 Å². The highest BCUT2D eigenvalue weighted by Crippen LogP contribution is 2.27. The van der Waals surface area contributed by atoms with E-state index in [2.05, 4.69) is 10.1 Å². The molecule has 1 aliphatic heterocycles. The van der Waals surface area contributed by atoms with Gasteiger partial charge in [-0.25, -0.2) is 13.4 Å². The molecule has 0 spiro atoms. The number of nitrogens with zero attached hydrogens (tertiary/aromatic N) is 3. The van der Waals surface area contributed by atoms with Crippen LogP contribution in [-0.2, 0) is 10.0 Å². The van der Waals surface area contributed by atoms with Gasteiger partial charge in [0.05, 0.1) is 6.54 Å². The Hall–Kier alpha value is -1.93. The lowest BCUT2D eigenvalue weighted by Crippen LogP contribution is -2.31. The molecule has 0 N–H and O–H groups in total. The van der Waals surface area contributed by atoms with Crippen LogP contribution in [0.15, 0.2) is 33.8 Å². The topological polar surface area (TPSA) is 85.5 Å². The lowest BCUT2D eigenvalue weighted by molar-refractivity contribution is 0.207. The molecule has 0 amide bonds. The third kappa shape index (κ3) is 2.71. The lowest BCUT2D eigenvalue weighted by Gasteiger charge is -2.16. The summed E-state index contributed by atoms with van der Waals surface area (Å²) in [6, 6.07) is 5.39. The van der Waals surface area contributed by atoms with Gasteiger partial charge in [0.1, 0.15) is 16.7 Å². The quantitative estimate of drug-likeness (QED) is 0.848.